The molecule has 20 heavy (non-hydrogen) atoms. The molecule has 0 aliphatic heterocycles. The fourth-order valence-corrected chi connectivity index (χ4v) is 2.07. The van der Waals surface area contributed by atoms with Crippen molar-refractivity contribution in [2.75, 3.05) is 7.11 Å². The molecule has 1 heterocycles. The van der Waals surface area contributed by atoms with Gasteiger partial charge in [0, 0.05) is 28.4 Å². The van der Waals surface area contributed by atoms with Crippen molar-refractivity contribution in [3.8, 4) is 5.88 Å². The molecule has 0 aliphatic carbocycles. The number of nitro groups is 1. The summed E-state index contributed by atoms with van der Waals surface area (Å²) in [6, 6.07) is 7.23. The number of carbonyl (C=O) groups excluding carboxylic acids is 1. The van der Waals surface area contributed by atoms with Gasteiger partial charge in [-0.2, -0.15) is 0 Å². The Morgan fingerprint density at radius 3 is 2.70 bits per heavy atom. The third kappa shape index (κ3) is 2.67. The van der Waals surface area contributed by atoms with Crippen molar-refractivity contribution in [2.45, 2.75) is 0 Å². The Balaban J connectivity index is 2.54. The molecule has 0 unspecified atom stereocenters. The van der Waals surface area contributed by atoms with Gasteiger partial charge in [0.05, 0.1) is 12.0 Å². The quantitative estimate of drug-likeness (QED) is 0.487. The lowest BCUT2D eigenvalue weighted by atomic mass is 10.0. The van der Waals surface area contributed by atoms with E-state index >= 15 is 0 Å². The number of aromatic nitrogens is 1. The Bertz CT molecular complexity index is 688. The molecule has 0 atom stereocenters. The first-order valence-corrected chi connectivity index (χ1v) is 6.31. The number of pyridine rings is 1. The zero-order valence-corrected chi connectivity index (χ0v) is 12.0. The van der Waals surface area contributed by atoms with Crippen LogP contribution in [0, 0.1) is 10.1 Å². The van der Waals surface area contributed by atoms with E-state index < -0.39 is 10.7 Å². The second-order valence-corrected chi connectivity index (χ2v) is 4.66. The number of para-hydroxylation sites is 1. The van der Waals surface area contributed by atoms with E-state index in [-0.39, 0.29) is 22.7 Å². The Morgan fingerprint density at radius 2 is 2.05 bits per heavy atom. The van der Waals surface area contributed by atoms with E-state index in [2.05, 4.69) is 20.9 Å². The lowest BCUT2D eigenvalue weighted by Crippen LogP contribution is -2.07. The maximum absolute atomic E-state index is 12.4. The van der Waals surface area contributed by atoms with Crippen LogP contribution in [0.4, 0.5) is 5.69 Å². The Labute approximate surface area is 122 Å². The molecule has 0 radical (unpaired) electrons. The lowest BCUT2D eigenvalue weighted by Gasteiger charge is -2.06. The smallest absolute Gasteiger partial charge is 0.280 e. The molecule has 2 aromatic rings. The van der Waals surface area contributed by atoms with Crippen LogP contribution in [0.25, 0.3) is 0 Å². The first-order chi connectivity index (χ1) is 9.54. The molecule has 0 saturated carbocycles. The Hall–Kier alpha value is -2.28. The van der Waals surface area contributed by atoms with Crippen LogP contribution in [0.15, 0.2) is 41.0 Å². The summed E-state index contributed by atoms with van der Waals surface area (Å²) in [6.45, 7) is 0. The number of nitrogens with zero attached hydrogens (tertiary/aromatic N) is 2. The van der Waals surface area contributed by atoms with Crippen molar-refractivity contribution < 1.29 is 14.5 Å². The molecule has 7 heteroatoms. The minimum absolute atomic E-state index is 0.0199. The van der Waals surface area contributed by atoms with Gasteiger partial charge < -0.3 is 4.74 Å². The van der Waals surface area contributed by atoms with Gasteiger partial charge >= 0.3 is 0 Å². The second kappa shape index (κ2) is 5.79. The summed E-state index contributed by atoms with van der Waals surface area (Å²) in [7, 11) is 1.43. The first-order valence-electron chi connectivity index (χ1n) is 5.52. The van der Waals surface area contributed by atoms with E-state index in [1.54, 1.807) is 6.07 Å². The van der Waals surface area contributed by atoms with Crippen molar-refractivity contribution in [3.05, 3.63) is 62.2 Å². The van der Waals surface area contributed by atoms with E-state index in [1.807, 2.05) is 0 Å². The summed E-state index contributed by atoms with van der Waals surface area (Å²) >= 11 is 3.21. The summed E-state index contributed by atoms with van der Waals surface area (Å²) in [6.07, 6.45) is 1.42. The van der Waals surface area contributed by atoms with Gasteiger partial charge in [-0.15, -0.1) is 0 Å². The van der Waals surface area contributed by atoms with Gasteiger partial charge in [0.15, 0.2) is 0 Å². The van der Waals surface area contributed by atoms with Crippen LogP contribution in [-0.2, 0) is 0 Å². The molecule has 0 fully saturated rings. The van der Waals surface area contributed by atoms with Crippen LogP contribution >= 0.6 is 15.9 Å². The zero-order valence-electron chi connectivity index (χ0n) is 10.4. The normalized spacial score (nSPS) is 10.1. The molecule has 1 aromatic heterocycles. The van der Waals surface area contributed by atoms with Gasteiger partial charge in [-0.3, -0.25) is 14.9 Å². The predicted molar refractivity (Wildman–Crippen MR) is 75.0 cm³/mol. The van der Waals surface area contributed by atoms with Gasteiger partial charge in [-0.05, 0) is 22.0 Å². The molecule has 102 valence electrons. The number of benzene rings is 1. The highest BCUT2D eigenvalue weighted by Gasteiger charge is 2.22. The summed E-state index contributed by atoms with van der Waals surface area (Å²) in [5.41, 5.74) is 0.0396. The van der Waals surface area contributed by atoms with Crippen molar-refractivity contribution in [1.82, 2.24) is 4.98 Å². The Kier molecular flexibility index (Phi) is 4.09. The standard InChI is InChI=1S/C13H9BrN2O4/c1-20-12-6-9(10(14)7-15-12)13(17)8-4-2-3-5-11(8)16(18)19/h2-7H,1H3. The van der Waals surface area contributed by atoms with Gasteiger partial charge in [0.2, 0.25) is 11.7 Å². The van der Waals surface area contributed by atoms with E-state index in [9.17, 15) is 14.9 Å². The number of ketones is 1. The van der Waals surface area contributed by atoms with E-state index in [0.29, 0.717) is 4.47 Å². The van der Waals surface area contributed by atoms with E-state index in [0.717, 1.165) is 0 Å². The van der Waals surface area contributed by atoms with Crippen molar-refractivity contribution in [1.29, 1.82) is 0 Å². The SMILES string of the molecule is COc1cc(C(=O)c2ccccc2[N+](=O)[O-])c(Br)cn1. The lowest BCUT2D eigenvalue weighted by molar-refractivity contribution is -0.385. The Morgan fingerprint density at radius 1 is 1.35 bits per heavy atom. The molecular weight excluding hydrogens is 328 g/mol. The summed E-state index contributed by atoms with van der Waals surface area (Å²) in [5, 5.41) is 11.0. The molecule has 0 saturated heterocycles. The third-order valence-electron chi connectivity index (χ3n) is 2.63. The minimum atomic E-state index is -0.584. The van der Waals surface area contributed by atoms with Gasteiger partial charge in [0.25, 0.3) is 5.69 Å². The first kappa shape index (κ1) is 14.1. The number of ether oxygens (including phenoxy) is 1. The predicted octanol–water partition coefficient (Wildman–Crippen LogP) is 2.99. The number of carbonyl (C=O) groups is 1. The molecule has 0 N–H and O–H groups in total. The molecule has 0 amide bonds. The fourth-order valence-electron chi connectivity index (χ4n) is 1.68. The third-order valence-corrected chi connectivity index (χ3v) is 3.26. The maximum Gasteiger partial charge on any atom is 0.280 e. The number of halogens is 1. The second-order valence-electron chi connectivity index (χ2n) is 3.81. The molecule has 0 spiro atoms. The summed E-state index contributed by atoms with van der Waals surface area (Å²) < 4.78 is 5.40. The number of methoxy groups -OCH3 is 1. The van der Waals surface area contributed by atoms with Crippen LogP contribution < -0.4 is 4.74 Å². The number of nitro benzene ring substituents is 1. The van der Waals surface area contributed by atoms with Crippen LogP contribution in [-0.4, -0.2) is 22.8 Å². The molecule has 1 aromatic carbocycles. The van der Waals surface area contributed by atoms with E-state index in [4.69, 9.17) is 4.74 Å². The van der Waals surface area contributed by atoms with Crippen molar-refractivity contribution in [2.24, 2.45) is 0 Å². The zero-order chi connectivity index (χ0) is 14.7. The van der Waals surface area contributed by atoms with E-state index in [1.165, 1.54) is 37.6 Å². The van der Waals surface area contributed by atoms with Crippen LogP contribution in [0.5, 0.6) is 5.88 Å². The van der Waals surface area contributed by atoms with Crippen molar-refractivity contribution >= 4 is 27.4 Å². The topological polar surface area (TPSA) is 82.3 Å². The van der Waals surface area contributed by atoms with Crippen LogP contribution in [0.2, 0.25) is 0 Å². The molecular formula is C13H9BrN2O4. The summed E-state index contributed by atoms with van der Waals surface area (Å²) in [4.78, 5) is 26.8. The average molecular weight is 337 g/mol. The number of rotatable bonds is 4. The van der Waals surface area contributed by atoms with Gasteiger partial charge in [0.1, 0.15) is 5.56 Å². The van der Waals surface area contributed by atoms with Gasteiger partial charge in [-0.1, -0.05) is 12.1 Å². The molecule has 0 aliphatic rings. The minimum Gasteiger partial charge on any atom is -0.481 e. The number of hydrogen-bond donors (Lipinski definition) is 0. The average Bonchev–Trinajstić information content (AvgIpc) is 2.47. The molecule has 2 rings (SSSR count). The van der Waals surface area contributed by atoms with Crippen LogP contribution in [0.1, 0.15) is 15.9 Å². The highest BCUT2D eigenvalue weighted by molar-refractivity contribution is 9.10. The van der Waals surface area contributed by atoms with Crippen molar-refractivity contribution in [3.63, 3.8) is 0 Å². The maximum atomic E-state index is 12.4. The van der Waals surface area contributed by atoms with Gasteiger partial charge in [-0.25, -0.2) is 4.98 Å². The molecule has 0 bridgehead atoms. The molecule has 6 nitrogen and oxygen atoms in total. The monoisotopic (exact) mass is 336 g/mol. The summed E-state index contributed by atoms with van der Waals surface area (Å²) in [5.74, 6) is -0.208. The fraction of sp³-hybridized carbons (Fsp3) is 0.0769. The highest BCUT2D eigenvalue weighted by Crippen LogP contribution is 2.26. The number of hydrogen-bond acceptors (Lipinski definition) is 5. The van der Waals surface area contributed by atoms with Crippen LogP contribution in [0.3, 0.4) is 0 Å². The largest absolute Gasteiger partial charge is 0.481 e. The highest BCUT2D eigenvalue weighted by atomic mass is 79.9.